The van der Waals surface area contributed by atoms with Gasteiger partial charge >= 0.3 is 0 Å². The average Bonchev–Trinajstić information content (AvgIpc) is 2.33. The van der Waals surface area contributed by atoms with Crippen molar-refractivity contribution in [2.75, 3.05) is 18.9 Å². The molecule has 0 saturated heterocycles. The van der Waals surface area contributed by atoms with Crippen LogP contribution in [-0.2, 0) is 16.6 Å². The molecule has 0 radical (unpaired) electrons. The van der Waals surface area contributed by atoms with Crippen LogP contribution in [0.2, 0.25) is 0 Å². The summed E-state index contributed by atoms with van der Waals surface area (Å²) in [6, 6.07) is 4.35. The van der Waals surface area contributed by atoms with Crippen LogP contribution in [0, 0.1) is 5.82 Å². The Hall–Kier alpha value is -0.500. The van der Waals surface area contributed by atoms with Gasteiger partial charge in [0.2, 0.25) is 10.0 Å². The lowest BCUT2D eigenvalue weighted by atomic mass is 10.2. The van der Waals surface area contributed by atoms with Crippen molar-refractivity contribution in [2.24, 2.45) is 0 Å². The van der Waals surface area contributed by atoms with E-state index in [1.54, 1.807) is 6.07 Å². The second kappa shape index (κ2) is 6.60. The van der Waals surface area contributed by atoms with E-state index in [0.717, 1.165) is 4.31 Å². The van der Waals surface area contributed by atoms with E-state index in [0.29, 0.717) is 4.47 Å². The summed E-state index contributed by atoms with van der Waals surface area (Å²) in [4.78, 5) is 0. The van der Waals surface area contributed by atoms with E-state index in [-0.39, 0.29) is 31.0 Å². The van der Waals surface area contributed by atoms with Crippen LogP contribution in [0.5, 0.6) is 0 Å². The molecular weight excluding hydrogens is 325 g/mol. The Kier molecular flexibility index (Phi) is 5.71. The Bertz CT molecular complexity index is 507. The van der Waals surface area contributed by atoms with Crippen molar-refractivity contribution in [3.05, 3.63) is 34.1 Å². The summed E-state index contributed by atoms with van der Waals surface area (Å²) in [6.45, 7) is 1.09. The molecule has 1 aromatic rings. The van der Waals surface area contributed by atoms with Gasteiger partial charge in [0.15, 0.2) is 0 Å². The third-order valence-electron chi connectivity index (χ3n) is 2.46. The summed E-state index contributed by atoms with van der Waals surface area (Å²) in [5, 5.41) is 8.89. The molecular formula is C11H15BrFNO3S. The van der Waals surface area contributed by atoms with E-state index in [1.165, 1.54) is 19.1 Å². The maximum absolute atomic E-state index is 13.6. The predicted molar refractivity (Wildman–Crippen MR) is 71.1 cm³/mol. The van der Waals surface area contributed by atoms with E-state index in [4.69, 9.17) is 5.11 Å². The van der Waals surface area contributed by atoms with Crippen LogP contribution >= 0.6 is 15.9 Å². The van der Waals surface area contributed by atoms with Gasteiger partial charge in [-0.1, -0.05) is 15.9 Å². The number of nitrogens with zero attached hydrogens (tertiary/aromatic N) is 1. The lowest BCUT2D eigenvalue weighted by Crippen LogP contribution is -2.34. The number of benzene rings is 1. The second-order valence-electron chi connectivity index (χ2n) is 3.69. The molecule has 18 heavy (non-hydrogen) atoms. The summed E-state index contributed by atoms with van der Waals surface area (Å²) in [5.41, 5.74) is 0.273. The third-order valence-corrected chi connectivity index (χ3v) is 4.78. The highest BCUT2D eigenvalue weighted by Gasteiger charge is 2.21. The molecule has 1 rings (SSSR count). The van der Waals surface area contributed by atoms with Crippen LogP contribution in [0.1, 0.15) is 12.5 Å². The lowest BCUT2D eigenvalue weighted by Gasteiger charge is -2.20. The van der Waals surface area contributed by atoms with Crippen LogP contribution in [0.3, 0.4) is 0 Å². The Morgan fingerprint density at radius 1 is 1.44 bits per heavy atom. The molecule has 0 aliphatic heterocycles. The van der Waals surface area contributed by atoms with Gasteiger partial charge in [-0.25, -0.2) is 12.8 Å². The molecule has 4 nitrogen and oxygen atoms in total. The summed E-state index contributed by atoms with van der Waals surface area (Å²) in [7, 11) is -3.46. The SMILES string of the molecule is CCS(=O)(=O)N(CCO)Cc1cc(Br)ccc1F. The van der Waals surface area contributed by atoms with Gasteiger partial charge in [-0.15, -0.1) is 0 Å². The van der Waals surface area contributed by atoms with E-state index in [1.807, 2.05) is 0 Å². The first-order chi connectivity index (χ1) is 8.40. The van der Waals surface area contributed by atoms with Crippen LogP contribution in [0.4, 0.5) is 4.39 Å². The Balaban J connectivity index is 3.00. The smallest absolute Gasteiger partial charge is 0.214 e. The maximum atomic E-state index is 13.6. The standard InChI is InChI=1S/C11H15BrFNO3S/c1-2-18(16,17)14(5-6-15)8-9-7-10(12)3-4-11(9)13/h3-4,7,15H,2,5-6,8H2,1H3. The zero-order valence-corrected chi connectivity index (χ0v) is 12.3. The van der Waals surface area contributed by atoms with Crippen molar-refractivity contribution in [1.82, 2.24) is 4.31 Å². The molecule has 102 valence electrons. The van der Waals surface area contributed by atoms with Crippen LogP contribution < -0.4 is 0 Å². The fourth-order valence-electron chi connectivity index (χ4n) is 1.47. The fourth-order valence-corrected chi connectivity index (χ4v) is 2.93. The Morgan fingerprint density at radius 3 is 2.67 bits per heavy atom. The number of hydrogen-bond donors (Lipinski definition) is 1. The minimum absolute atomic E-state index is 0.0396. The third kappa shape index (κ3) is 4.01. The summed E-state index contributed by atoms with van der Waals surface area (Å²) < 4.78 is 38.9. The van der Waals surface area contributed by atoms with E-state index < -0.39 is 15.8 Å². The van der Waals surface area contributed by atoms with Crippen LogP contribution in [0.25, 0.3) is 0 Å². The molecule has 0 heterocycles. The molecule has 0 atom stereocenters. The molecule has 0 aliphatic carbocycles. The number of halogens is 2. The minimum Gasteiger partial charge on any atom is -0.395 e. The van der Waals surface area contributed by atoms with Crippen LogP contribution in [-0.4, -0.2) is 36.7 Å². The molecule has 0 bridgehead atoms. The monoisotopic (exact) mass is 339 g/mol. The van der Waals surface area contributed by atoms with Gasteiger partial charge in [-0.2, -0.15) is 4.31 Å². The first kappa shape index (κ1) is 15.6. The number of sulfonamides is 1. The van der Waals surface area contributed by atoms with Gasteiger partial charge in [0.05, 0.1) is 12.4 Å². The quantitative estimate of drug-likeness (QED) is 0.858. The topological polar surface area (TPSA) is 57.6 Å². The molecule has 0 amide bonds. The van der Waals surface area contributed by atoms with Crippen LogP contribution in [0.15, 0.2) is 22.7 Å². The van der Waals surface area contributed by atoms with Crippen molar-refractivity contribution >= 4 is 26.0 Å². The molecule has 1 N–H and O–H groups in total. The van der Waals surface area contributed by atoms with Crippen molar-refractivity contribution in [3.8, 4) is 0 Å². The van der Waals surface area contributed by atoms with E-state index >= 15 is 0 Å². The van der Waals surface area contributed by atoms with E-state index in [9.17, 15) is 12.8 Å². The Morgan fingerprint density at radius 2 is 2.11 bits per heavy atom. The average molecular weight is 340 g/mol. The fraction of sp³-hybridized carbons (Fsp3) is 0.455. The molecule has 1 aromatic carbocycles. The first-order valence-electron chi connectivity index (χ1n) is 5.43. The predicted octanol–water partition coefficient (Wildman–Crippen LogP) is 1.73. The summed E-state index contributed by atoms with van der Waals surface area (Å²) in [6.07, 6.45) is 0. The summed E-state index contributed by atoms with van der Waals surface area (Å²) >= 11 is 3.21. The second-order valence-corrected chi connectivity index (χ2v) is 6.87. The highest BCUT2D eigenvalue weighted by Crippen LogP contribution is 2.18. The van der Waals surface area contributed by atoms with Gasteiger partial charge in [-0.05, 0) is 25.1 Å². The van der Waals surface area contributed by atoms with Crippen molar-refractivity contribution in [1.29, 1.82) is 0 Å². The number of rotatable bonds is 6. The number of aliphatic hydroxyl groups excluding tert-OH is 1. The highest BCUT2D eigenvalue weighted by molar-refractivity contribution is 9.10. The van der Waals surface area contributed by atoms with Gasteiger partial charge in [0.25, 0.3) is 0 Å². The van der Waals surface area contributed by atoms with Crippen molar-refractivity contribution in [2.45, 2.75) is 13.5 Å². The molecule has 0 unspecified atom stereocenters. The largest absolute Gasteiger partial charge is 0.395 e. The van der Waals surface area contributed by atoms with E-state index in [2.05, 4.69) is 15.9 Å². The first-order valence-corrected chi connectivity index (χ1v) is 7.83. The number of hydrogen-bond acceptors (Lipinski definition) is 3. The van der Waals surface area contributed by atoms with Crippen molar-refractivity contribution in [3.63, 3.8) is 0 Å². The summed E-state index contributed by atoms with van der Waals surface area (Å²) in [5.74, 6) is -0.546. The van der Waals surface area contributed by atoms with Gasteiger partial charge < -0.3 is 5.11 Å². The van der Waals surface area contributed by atoms with Crippen molar-refractivity contribution < 1.29 is 17.9 Å². The highest BCUT2D eigenvalue weighted by atomic mass is 79.9. The maximum Gasteiger partial charge on any atom is 0.214 e. The molecule has 0 fully saturated rings. The van der Waals surface area contributed by atoms with Gasteiger partial charge in [0.1, 0.15) is 5.82 Å². The zero-order valence-electron chi connectivity index (χ0n) is 9.94. The van der Waals surface area contributed by atoms with Gasteiger partial charge in [0, 0.05) is 23.1 Å². The Labute approximate surface area is 115 Å². The molecule has 0 aliphatic rings. The van der Waals surface area contributed by atoms with Gasteiger partial charge in [-0.3, -0.25) is 0 Å². The molecule has 7 heteroatoms. The lowest BCUT2D eigenvalue weighted by molar-refractivity contribution is 0.250. The normalized spacial score (nSPS) is 12.1. The molecule has 0 aromatic heterocycles. The minimum atomic E-state index is -3.46. The number of aliphatic hydroxyl groups is 1. The molecule has 0 spiro atoms. The zero-order chi connectivity index (χ0) is 13.8. The molecule has 0 saturated carbocycles.